The molecule has 1 aromatic rings. The van der Waals surface area contributed by atoms with Crippen molar-refractivity contribution in [1.29, 1.82) is 0 Å². The van der Waals surface area contributed by atoms with Crippen molar-refractivity contribution in [2.24, 2.45) is 0 Å². The first-order valence-electron chi connectivity index (χ1n) is 7.71. The third-order valence-electron chi connectivity index (χ3n) is 3.91. The van der Waals surface area contributed by atoms with E-state index in [1.165, 1.54) is 18.9 Å². The van der Waals surface area contributed by atoms with Gasteiger partial charge in [-0.3, -0.25) is 9.59 Å². The Morgan fingerprint density at radius 1 is 1.38 bits per heavy atom. The van der Waals surface area contributed by atoms with E-state index in [0.717, 1.165) is 0 Å². The number of ether oxygens (including phenoxy) is 1. The van der Waals surface area contributed by atoms with Crippen molar-refractivity contribution in [2.45, 2.75) is 13.0 Å². The largest absolute Gasteiger partial charge is 0.503 e. The molecule has 1 amide bonds. The molecule has 24 heavy (non-hydrogen) atoms. The Hall–Kier alpha value is -2.38. The summed E-state index contributed by atoms with van der Waals surface area (Å²) < 4.78 is 5.21. The molecule has 0 radical (unpaired) electrons. The van der Waals surface area contributed by atoms with Gasteiger partial charge in [-0.2, -0.15) is 0 Å². The first-order chi connectivity index (χ1) is 11.5. The lowest BCUT2D eigenvalue weighted by molar-refractivity contribution is -0.129. The van der Waals surface area contributed by atoms with Gasteiger partial charge in [0, 0.05) is 19.6 Å². The van der Waals surface area contributed by atoms with Gasteiger partial charge in [-0.1, -0.05) is 12.1 Å². The van der Waals surface area contributed by atoms with Crippen LogP contribution < -0.4 is 10.1 Å². The predicted octanol–water partition coefficient (Wildman–Crippen LogP) is 0.561. The van der Waals surface area contributed by atoms with Crippen molar-refractivity contribution in [2.75, 3.05) is 33.4 Å². The zero-order valence-corrected chi connectivity index (χ0v) is 13.8. The Labute approximate surface area is 140 Å². The quantitative estimate of drug-likeness (QED) is 0.601. The standard InChI is InChI=1S/C17H22N2O5/c1-11(21)14-15(12-4-3-5-13(10-12)24-2)19(17(23)16(14)22)8-6-18-7-9-20/h3-5,10,15,18,20,22H,6-9H2,1-2H3/t15-/m1/s1. The number of hydrogen-bond acceptors (Lipinski definition) is 6. The lowest BCUT2D eigenvalue weighted by atomic mass is 9.96. The van der Waals surface area contributed by atoms with Crippen LogP contribution in [0, 0.1) is 0 Å². The molecule has 1 aliphatic heterocycles. The number of aliphatic hydroxyl groups excluding tert-OH is 2. The third kappa shape index (κ3) is 3.58. The van der Waals surface area contributed by atoms with Crippen molar-refractivity contribution >= 4 is 11.7 Å². The van der Waals surface area contributed by atoms with Crippen LogP contribution in [0.5, 0.6) is 5.75 Å². The number of aliphatic hydroxyl groups is 2. The fourth-order valence-corrected chi connectivity index (χ4v) is 2.81. The summed E-state index contributed by atoms with van der Waals surface area (Å²) in [6, 6.07) is 6.42. The second-order valence-corrected chi connectivity index (χ2v) is 5.47. The second kappa shape index (κ2) is 7.94. The number of methoxy groups -OCH3 is 1. The molecule has 0 unspecified atom stereocenters. The minimum absolute atomic E-state index is 0.00451. The fourth-order valence-electron chi connectivity index (χ4n) is 2.81. The molecule has 0 aromatic heterocycles. The highest BCUT2D eigenvalue weighted by Crippen LogP contribution is 2.38. The Morgan fingerprint density at radius 3 is 2.75 bits per heavy atom. The van der Waals surface area contributed by atoms with E-state index in [2.05, 4.69) is 5.32 Å². The van der Waals surface area contributed by atoms with Crippen molar-refractivity contribution in [3.8, 4) is 5.75 Å². The van der Waals surface area contributed by atoms with Gasteiger partial charge in [-0.15, -0.1) is 0 Å². The van der Waals surface area contributed by atoms with Gasteiger partial charge in [-0.25, -0.2) is 0 Å². The molecular weight excluding hydrogens is 312 g/mol. The van der Waals surface area contributed by atoms with Gasteiger partial charge in [0.1, 0.15) is 5.75 Å². The summed E-state index contributed by atoms with van der Waals surface area (Å²) in [5.74, 6) is -0.816. The van der Waals surface area contributed by atoms with Crippen LogP contribution in [0.2, 0.25) is 0 Å². The predicted molar refractivity (Wildman–Crippen MR) is 87.7 cm³/mol. The molecule has 2 rings (SSSR count). The van der Waals surface area contributed by atoms with Crippen LogP contribution in [0.3, 0.4) is 0 Å². The molecule has 7 heteroatoms. The van der Waals surface area contributed by atoms with E-state index in [1.54, 1.807) is 24.3 Å². The maximum absolute atomic E-state index is 12.4. The van der Waals surface area contributed by atoms with E-state index in [1.807, 2.05) is 0 Å². The number of nitrogens with zero attached hydrogens (tertiary/aromatic N) is 1. The van der Waals surface area contributed by atoms with Gasteiger partial charge in [0.15, 0.2) is 11.5 Å². The van der Waals surface area contributed by atoms with E-state index in [9.17, 15) is 14.7 Å². The van der Waals surface area contributed by atoms with Crippen LogP contribution in [0.1, 0.15) is 18.5 Å². The third-order valence-corrected chi connectivity index (χ3v) is 3.91. The minimum atomic E-state index is -0.652. The fraction of sp³-hybridized carbons (Fsp3) is 0.412. The number of rotatable bonds is 8. The maximum Gasteiger partial charge on any atom is 0.290 e. The highest BCUT2D eigenvalue weighted by atomic mass is 16.5. The Bertz CT molecular complexity index is 656. The molecule has 130 valence electrons. The first-order valence-corrected chi connectivity index (χ1v) is 7.71. The van der Waals surface area contributed by atoms with Gasteiger partial charge in [0.2, 0.25) is 0 Å². The summed E-state index contributed by atoms with van der Waals surface area (Å²) in [7, 11) is 1.54. The first kappa shape index (κ1) is 18.0. The molecule has 1 atom stereocenters. The topological polar surface area (TPSA) is 99.1 Å². The summed E-state index contributed by atoms with van der Waals surface area (Å²) in [4.78, 5) is 25.8. The SMILES string of the molecule is COc1cccc([C@@H]2C(C(C)=O)=C(O)C(=O)N2CCNCCO)c1. The Kier molecular flexibility index (Phi) is 5.94. The Balaban J connectivity index is 2.35. The molecule has 1 heterocycles. The number of amides is 1. The van der Waals surface area contributed by atoms with Crippen LogP contribution in [-0.2, 0) is 9.59 Å². The highest BCUT2D eigenvalue weighted by Gasteiger charge is 2.42. The number of ketones is 1. The summed E-state index contributed by atoms with van der Waals surface area (Å²) in [6.45, 7) is 2.46. The number of nitrogens with one attached hydrogen (secondary N) is 1. The van der Waals surface area contributed by atoms with Crippen LogP contribution >= 0.6 is 0 Å². The van der Waals surface area contributed by atoms with Crippen LogP contribution in [0.15, 0.2) is 35.6 Å². The van der Waals surface area contributed by atoms with Gasteiger partial charge in [-0.05, 0) is 24.6 Å². The summed E-state index contributed by atoms with van der Waals surface area (Å²) in [5.41, 5.74) is 0.787. The smallest absolute Gasteiger partial charge is 0.290 e. The number of carbonyl (C=O) groups is 2. The van der Waals surface area contributed by atoms with Crippen molar-refractivity contribution in [1.82, 2.24) is 10.2 Å². The average molecular weight is 334 g/mol. The number of hydrogen-bond donors (Lipinski definition) is 3. The van der Waals surface area contributed by atoms with E-state index in [0.29, 0.717) is 30.9 Å². The molecule has 3 N–H and O–H groups in total. The normalized spacial score (nSPS) is 17.5. The minimum Gasteiger partial charge on any atom is -0.503 e. The van der Waals surface area contributed by atoms with E-state index in [-0.39, 0.29) is 18.0 Å². The van der Waals surface area contributed by atoms with E-state index >= 15 is 0 Å². The van der Waals surface area contributed by atoms with Crippen LogP contribution in [0.4, 0.5) is 0 Å². The van der Waals surface area contributed by atoms with Crippen molar-refractivity contribution in [3.05, 3.63) is 41.2 Å². The Morgan fingerprint density at radius 2 is 2.12 bits per heavy atom. The average Bonchev–Trinajstić information content (AvgIpc) is 2.83. The zero-order chi connectivity index (χ0) is 17.7. The van der Waals surface area contributed by atoms with E-state index < -0.39 is 17.7 Å². The maximum atomic E-state index is 12.4. The molecule has 0 bridgehead atoms. The number of carbonyl (C=O) groups excluding carboxylic acids is 2. The molecule has 0 fully saturated rings. The highest BCUT2D eigenvalue weighted by molar-refractivity contribution is 6.08. The summed E-state index contributed by atoms with van der Waals surface area (Å²) in [5, 5.41) is 21.9. The molecule has 0 saturated carbocycles. The molecule has 1 aromatic carbocycles. The van der Waals surface area contributed by atoms with Crippen LogP contribution in [0.25, 0.3) is 0 Å². The lowest BCUT2D eigenvalue weighted by Gasteiger charge is -2.27. The van der Waals surface area contributed by atoms with Crippen LogP contribution in [-0.4, -0.2) is 60.2 Å². The van der Waals surface area contributed by atoms with Gasteiger partial charge >= 0.3 is 0 Å². The molecule has 0 aliphatic carbocycles. The van der Waals surface area contributed by atoms with Crippen molar-refractivity contribution < 1.29 is 24.5 Å². The number of Topliss-reactive ketones (excluding diaryl/α,β-unsaturated/α-hetero) is 1. The molecule has 0 spiro atoms. The molecule has 7 nitrogen and oxygen atoms in total. The van der Waals surface area contributed by atoms with Gasteiger partial charge in [0.25, 0.3) is 5.91 Å². The summed E-state index contributed by atoms with van der Waals surface area (Å²) >= 11 is 0. The van der Waals surface area contributed by atoms with Gasteiger partial charge < -0.3 is 25.2 Å². The zero-order valence-electron chi connectivity index (χ0n) is 13.8. The van der Waals surface area contributed by atoms with Crippen molar-refractivity contribution in [3.63, 3.8) is 0 Å². The number of benzene rings is 1. The molecular formula is C17H22N2O5. The molecule has 0 saturated heterocycles. The van der Waals surface area contributed by atoms with Gasteiger partial charge in [0.05, 0.1) is 25.3 Å². The lowest BCUT2D eigenvalue weighted by Crippen LogP contribution is -2.37. The van der Waals surface area contributed by atoms with E-state index in [4.69, 9.17) is 9.84 Å². The second-order valence-electron chi connectivity index (χ2n) is 5.47. The summed E-state index contributed by atoms with van der Waals surface area (Å²) in [6.07, 6.45) is 0. The monoisotopic (exact) mass is 334 g/mol. The molecule has 1 aliphatic rings.